The molecule has 0 saturated carbocycles. The molecule has 0 saturated heterocycles. The van der Waals surface area contributed by atoms with Crippen LogP contribution in [0, 0.1) is 6.92 Å². The number of aryl methyl sites for hydroxylation is 1. The average Bonchev–Trinajstić information content (AvgIpc) is 3.75. The highest BCUT2D eigenvalue weighted by molar-refractivity contribution is 7.33. The van der Waals surface area contributed by atoms with Gasteiger partial charge >= 0.3 is 0 Å². The second-order valence-corrected chi connectivity index (χ2v) is 25.0. The van der Waals surface area contributed by atoms with Gasteiger partial charge in [-0.25, -0.2) is 0 Å². The maximum Gasteiger partial charge on any atom is 0.264 e. The Bertz CT molecular complexity index is 3600. The Labute approximate surface area is 426 Å². The molecule has 0 bridgehead atoms. The summed E-state index contributed by atoms with van der Waals surface area (Å²) < 4.78 is 2.82. The molecule has 13 rings (SSSR count). The zero-order chi connectivity index (χ0) is 48.8. The zero-order valence-corrected chi connectivity index (χ0v) is 43.7. The van der Waals surface area contributed by atoms with Crippen molar-refractivity contribution in [3.05, 3.63) is 198 Å². The highest BCUT2D eigenvalue weighted by atomic mass is 32.1. The van der Waals surface area contributed by atoms with Crippen LogP contribution in [-0.4, -0.2) is 6.71 Å². The minimum atomic E-state index is 0.0285. The van der Waals surface area contributed by atoms with Crippen LogP contribution in [0.1, 0.15) is 109 Å². The van der Waals surface area contributed by atoms with E-state index in [-0.39, 0.29) is 28.4 Å². The predicted octanol–water partition coefficient (Wildman–Crippen LogP) is 17.0. The Morgan fingerprint density at radius 1 is 0.423 bits per heavy atom. The van der Waals surface area contributed by atoms with Crippen LogP contribution in [0.3, 0.4) is 0 Å². The van der Waals surface area contributed by atoms with Crippen LogP contribution in [0.2, 0.25) is 0 Å². The van der Waals surface area contributed by atoms with Crippen molar-refractivity contribution < 1.29 is 0 Å². The second kappa shape index (κ2) is 15.7. The lowest BCUT2D eigenvalue weighted by Gasteiger charge is -2.47. The largest absolute Gasteiger partial charge is 0.311 e. The number of thiophene rings is 1. The molecule has 71 heavy (non-hydrogen) atoms. The molecule has 8 aromatic carbocycles. The molecule has 0 fully saturated rings. The minimum Gasteiger partial charge on any atom is -0.311 e. The molecule has 0 radical (unpaired) electrons. The number of nitrogens with zero attached hydrogens (tertiary/aromatic N) is 2. The van der Waals surface area contributed by atoms with Gasteiger partial charge in [0.05, 0.1) is 11.4 Å². The molecule has 3 heterocycles. The van der Waals surface area contributed by atoms with E-state index in [9.17, 15) is 0 Å². The maximum atomic E-state index is 2.73. The Morgan fingerprint density at radius 3 is 1.49 bits per heavy atom. The molecular formula is C67H63BN2S. The first kappa shape index (κ1) is 44.3. The van der Waals surface area contributed by atoms with Crippen LogP contribution in [0.15, 0.2) is 170 Å². The van der Waals surface area contributed by atoms with Crippen molar-refractivity contribution >= 4 is 78.0 Å². The standard InChI is InChI=1S/C67H63BN2S/c1-42-35-58-61-59(36-42)70(56-37-47(44-21-15-11-16-22-44)27-30-49(56)46-23-17-12-18-24-46)62-50-38-51-54(67(8,9)34-31-64(51,2)3)41-60(50)71-63(62)68(61)55-39-52-53(66(6,7)33-32-65(52,4)5)40-57(55)69(58)48-28-25-45(26-29-48)43-19-13-10-14-20-43/h10-30,35-41H,31-34H2,1-9H3. The first-order chi connectivity index (χ1) is 34.1. The summed E-state index contributed by atoms with van der Waals surface area (Å²) in [5.74, 6) is 0. The molecule has 2 aliphatic carbocycles. The molecule has 9 aromatic rings. The molecule has 4 aliphatic rings. The van der Waals surface area contributed by atoms with Crippen LogP contribution in [0.5, 0.6) is 0 Å². The lowest BCUT2D eigenvalue weighted by molar-refractivity contribution is 0.332. The van der Waals surface area contributed by atoms with Gasteiger partial charge in [-0.2, -0.15) is 0 Å². The lowest BCUT2D eigenvalue weighted by Crippen LogP contribution is -2.61. The highest BCUT2D eigenvalue weighted by Gasteiger charge is 2.49. The van der Waals surface area contributed by atoms with Gasteiger partial charge in [0, 0.05) is 43.2 Å². The zero-order valence-electron chi connectivity index (χ0n) is 42.9. The molecule has 0 unspecified atom stereocenters. The summed E-state index contributed by atoms with van der Waals surface area (Å²) in [6.45, 7) is 22.2. The van der Waals surface area contributed by atoms with Gasteiger partial charge in [-0.05, 0) is 169 Å². The summed E-state index contributed by atoms with van der Waals surface area (Å²) in [5.41, 5.74) is 25.2. The van der Waals surface area contributed by atoms with Gasteiger partial charge in [-0.15, -0.1) is 11.3 Å². The molecule has 1 aromatic heterocycles. The van der Waals surface area contributed by atoms with Gasteiger partial charge in [0.2, 0.25) is 0 Å². The monoisotopic (exact) mass is 938 g/mol. The molecule has 350 valence electrons. The molecule has 0 N–H and O–H groups in total. The van der Waals surface area contributed by atoms with Crippen molar-refractivity contribution in [1.29, 1.82) is 0 Å². The third kappa shape index (κ3) is 6.88. The van der Waals surface area contributed by atoms with Gasteiger partial charge in [0.1, 0.15) is 0 Å². The maximum absolute atomic E-state index is 2.73. The van der Waals surface area contributed by atoms with Gasteiger partial charge in [0.25, 0.3) is 6.71 Å². The molecular weight excluding hydrogens is 876 g/mol. The van der Waals surface area contributed by atoms with Crippen LogP contribution in [-0.2, 0) is 21.7 Å². The van der Waals surface area contributed by atoms with Crippen LogP contribution < -0.4 is 25.5 Å². The van der Waals surface area contributed by atoms with Gasteiger partial charge in [-0.3, -0.25) is 0 Å². The smallest absolute Gasteiger partial charge is 0.264 e. The van der Waals surface area contributed by atoms with Crippen molar-refractivity contribution in [3.63, 3.8) is 0 Å². The fourth-order valence-corrected chi connectivity index (χ4v) is 14.4. The normalized spacial score (nSPS) is 17.5. The highest BCUT2D eigenvalue weighted by Crippen LogP contribution is 2.55. The van der Waals surface area contributed by atoms with Crippen LogP contribution >= 0.6 is 11.3 Å². The number of hydrogen-bond donors (Lipinski definition) is 0. The summed E-state index contributed by atoms with van der Waals surface area (Å²) in [7, 11) is 0. The summed E-state index contributed by atoms with van der Waals surface area (Å²) in [6.07, 6.45) is 4.69. The topological polar surface area (TPSA) is 6.48 Å². The Balaban J connectivity index is 1.17. The second-order valence-electron chi connectivity index (χ2n) is 23.9. The van der Waals surface area contributed by atoms with Crippen LogP contribution in [0.4, 0.5) is 34.1 Å². The van der Waals surface area contributed by atoms with E-state index in [1.54, 1.807) is 0 Å². The molecule has 2 nitrogen and oxygen atoms in total. The number of anilines is 6. The molecule has 4 heteroatoms. The summed E-state index contributed by atoms with van der Waals surface area (Å²) in [6, 6.07) is 65.1. The minimum absolute atomic E-state index is 0.0285. The van der Waals surface area contributed by atoms with E-state index in [4.69, 9.17) is 0 Å². The van der Waals surface area contributed by atoms with Crippen molar-refractivity contribution in [3.8, 4) is 33.4 Å². The van der Waals surface area contributed by atoms with Crippen molar-refractivity contribution in [1.82, 2.24) is 0 Å². The quantitative estimate of drug-likeness (QED) is 0.159. The Hall–Kier alpha value is -6.62. The Morgan fingerprint density at radius 2 is 0.901 bits per heavy atom. The fourth-order valence-electron chi connectivity index (χ4n) is 13.1. The van der Waals surface area contributed by atoms with Gasteiger partial charge in [0.15, 0.2) is 0 Å². The van der Waals surface area contributed by atoms with E-state index in [0.717, 1.165) is 0 Å². The molecule has 0 spiro atoms. The van der Waals surface area contributed by atoms with Crippen molar-refractivity contribution in [2.24, 2.45) is 0 Å². The van der Waals surface area contributed by atoms with E-state index in [1.807, 2.05) is 0 Å². The first-order valence-corrected chi connectivity index (χ1v) is 26.9. The Kier molecular flexibility index (Phi) is 9.80. The molecule has 2 aliphatic heterocycles. The third-order valence-electron chi connectivity index (χ3n) is 17.4. The predicted molar refractivity (Wildman–Crippen MR) is 307 cm³/mol. The first-order valence-electron chi connectivity index (χ1n) is 26.0. The van der Waals surface area contributed by atoms with E-state index < -0.39 is 0 Å². The van der Waals surface area contributed by atoms with Gasteiger partial charge < -0.3 is 9.80 Å². The van der Waals surface area contributed by atoms with E-state index in [2.05, 4.69) is 253 Å². The summed E-state index contributed by atoms with van der Waals surface area (Å²) >= 11 is 2.05. The average molecular weight is 939 g/mol. The lowest BCUT2D eigenvalue weighted by atomic mass is 9.35. The van der Waals surface area contributed by atoms with Crippen molar-refractivity contribution in [2.45, 2.75) is 110 Å². The summed E-state index contributed by atoms with van der Waals surface area (Å²) in [4.78, 5) is 5.37. The van der Waals surface area contributed by atoms with Crippen LogP contribution in [0.25, 0.3) is 43.5 Å². The number of fused-ring (bicyclic) bond motifs is 8. The van der Waals surface area contributed by atoms with Gasteiger partial charge in [-0.1, -0.05) is 177 Å². The SMILES string of the molecule is Cc1cc2c3c(c1)N(c1cc(-c4ccccc4)ccc1-c1ccccc1)c1c(sc4cc5c(cc14)C(C)(C)CCC5(C)C)B3c1cc3c(cc1N2c1ccc(-c2ccccc2)cc1)C(C)(C)CCC3(C)C. The van der Waals surface area contributed by atoms with E-state index in [0.29, 0.717) is 0 Å². The van der Waals surface area contributed by atoms with Crippen molar-refractivity contribution in [2.75, 3.05) is 9.80 Å². The molecule has 0 amide bonds. The molecule has 0 atom stereocenters. The number of benzene rings is 8. The van der Waals surface area contributed by atoms with E-state index in [1.165, 1.54) is 147 Å². The fraction of sp³-hybridized carbons (Fsp3) is 0.254. The third-order valence-corrected chi connectivity index (χ3v) is 18.6. The summed E-state index contributed by atoms with van der Waals surface area (Å²) in [5, 5.41) is 1.37. The number of hydrogen-bond acceptors (Lipinski definition) is 3. The van der Waals surface area contributed by atoms with E-state index >= 15 is 0 Å². The number of rotatable bonds is 5.